The average molecular weight is 1020 g/mol. The predicted octanol–water partition coefficient (Wildman–Crippen LogP) is 12.5. The topological polar surface area (TPSA) is 191 Å². The Hall–Kier alpha value is -8.57. The van der Waals surface area contributed by atoms with Crippen molar-refractivity contribution < 1.29 is 29.6 Å². The number of nitrogens with zero attached hydrogens (tertiary/aromatic N) is 4. The maximum Gasteiger partial charge on any atom is 0.344 e. The number of esters is 1. The fourth-order valence-corrected chi connectivity index (χ4v) is 10.3. The van der Waals surface area contributed by atoms with Crippen LogP contribution >= 0.6 is 0 Å². The number of phenols is 3. The minimum Gasteiger partial charge on any atom is -0.507 e. The number of carbonyl (C=O) groups is 1. The van der Waals surface area contributed by atoms with E-state index in [0.717, 1.165) is 22.3 Å². The molecule has 0 amide bonds. The molecular formula is C67H66N4O6. The Kier molecular flexibility index (Phi) is 14.6. The first-order valence-electron chi connectivity index (χ1n) is 26.0. The Morgan fingerprint density at radius 3 is 1.10 bits per heavy atom. The van der Waals surface area contributed by atoms with Crippen molar-refractivity contribution in [3.05, 3.63) is 174 Å². The van der Waals surface area contributed by atoms with Crippen molar-refractivity contribution in [1.29, 1.82) is 21.0 Å². The first-order valence-corrected chi connectivity index (χ1v) is 26.0. The lowest BCUT2D eigenvalue weighted by Crippen LogP contribution is -2.19. The summed E-state index contributed by atoms with van der Waals surface area (Å²) >= 11 is 0. The smallest absolute Gasteiger partial charge is 0.344 e. The summed E-state index contributed by atoms with van der Waals surface area (Å²) in [5.41, 5.74) is 8.29. The van der Waals surface area contributed by atoms with Crippen molar-refractivity contribution >= 4 is 38.7 Å². The monoisotopic (exact) mass is 1020 g/mol. The van der Waals surface area contributed by atoms with Gasteiger partial charge < -0.3 is 24.8 Å². The normalized spacial score (nSPS) is 12.7. The maximum absolute atomic E-state index is 14.1. The Balaban J connectivity index is 1.28. The van der Waals surface area contributed by atoms with Crippen LogP contribution < -0.4 is 15.2 Å². The van der Waals surface area contributed by atoms with Crippen molar-refractivity contribution in [2.75, 3.05) is 6.61 Å². The second-order valence-corrected chi connectivity index (χ2v) is 24.6. The molecule has 0 saturated heterocycles. The van der Waals surface area contributed by atoms with Gasteiger partial charge in [-0.1, -0.05) is 168 Å². The molecule has 7 aromatic carbocycles. The Labute approximate surface area is 452 Å². The lowest BCUT2D eigenvalue weighted by molar-refractivity contribution is -0.147. The van der Waals surface area contributed by atoms with Crippen LogP contribution in [0.1, 0.15) is 155 Å². The zero-order valence-electron chi connectivity index (χ0n) is 46.3. The van der Waals surface area contributed by atoms with Crippen LogP contribution in [0.5, 0.6) is 23.0 Å². The molecule has 8 rings (SSSR count). The van der Waals surface area contributed by atoms with Gasteiger partial charge in [0.25, 0.3) is 0 Å². The number of hydrogen-bond donors (Lipinski definition) is 3. The first kappa shape index (κ1) is 54.7. The molecule has 0 atom stereocenters. The van der Waals surface area contributed by atoms with E-state index in [1.54, 1.807) is 42.5 Å². The molecule has 0 heterocycles. The number of fused-ring (bicyclic) bond motifs is 10. The summed E-state index contributed by atoms with van der Waals surface area (Å²) in [5, 5.41) is 80.1. The van der Waals surface area contributed by atoms with Gasteiger partial charge in [0.1, 0.15) is 65.0 Å². The summed E-state index contributed by atoms with van der Waals surface area (Å²) < 4.78 is 12.6. The molecule has 1 aliphatic rings. The number of carbonyl (C=O) groups excluding carboxylic acids is 1. The second kappa shape index (κ2) is 20.5. The van der Waals surface area contributed by atoms with Crippen molar-refractivity contribution in [3.8, 4) is 47.3 Å². The van der Waals surface area contributed by atoms with E-state index in [9.17, 15) is 41.2 Å². The highest BCUT2D eigenvalue weighted by Crippen LogP contribution is 2.43. The first-order chi connectivity index (χ1) is 36.1. The minimum absolute atomic E-state index is 0.0974. The quantitative estimate of drug-likeness (QED) is 0.110. The van der Waals surface area contributed by atoms with Crippen LogP contribution in [-0.2, 0) is 63.5 Å². The van der Waals surface area contributed by atoms with E-state index < -0.39 is 12.6 Å². The molecular weight excluding hydrogens is 957 g/mol. The molecule has 0 unspecified atom stereocenters. The fourth-order valence-electron chi connectivity index (χ4n) is 10.3. The van der Waals surface area contributed by atoms with Crippen LogP contribution in [0.25, 0.3) is 32.7 Å². The average Bonchev–Trinajstić information content (AvgIpc) is 3.37. The van der Waals surface area contributed by atoms with E-state index in [2.05, 4.69) is 95.2 Å². The van der Waals surface area contributed by atoms with E-state index in [-0.39, 0.29) is 82.3 Å². The summed E-state index contributed by atoms with van der Waals surface area (Å²) in [6.45, 7) is 24.8. The van der Waals surface area contributed by atoms with Gasteiger partial charge in [0.05, 0.1) is 0 Å². The molecule has 0 aromatic heterocycles. The number of nitriles is 4. The van der Waals surface area contributed by atoms with Gasteiger partial charge in [0.2, 0.25) is 0 Å². The molecule has 0 radical (unpaired) electrons. The van der Waals surface area contributed by atoms with Crippen molar-refractivity contribution in [1.82, 2.24) is 0 Å². The third kappa shape index (κ3) is 11.1. The van der Waals surface area contributed by atoms with Gasteiger partial charge in [-0.15, -0.1) is 0 Å². The summed E-state index contributed by atoms with van der Waals surface area (Å²) in [6.07, 6.45) is 0.886. The predicted molar refractivity (Wildman–Crippen MR) is 302 cm³/mol. The van der Waals surface area contributed by atoms with Gasteiger partial charge >= 0.3 is 5.97 Å². The van der Waals surface area contributed by atoms with Crippen LogP contribution in [0.4, 0.5) is 0 Å². The molecule has 10 nitrogen and oxygen atoms in total. The van der Waals surface area contributed by atoms with E-state index >= 15 is 0 Å². The zero-order chi connectivity index (χ0) is 56.1. The Morgan fingerprint density at radius 1 is 0.455 bits per heavy atom. The molecule has 0 fully saturated rings. The SMILES string of the molecule is CC(C)(C)c1cc2c(O)c(c1)Cc1cc(C(C)(C)C)cc(c1O)Cc1cc(C(C)(C)C)cc(c1OCC(=O)OCc1ccc3c(=C(C#N)C#N)c4ccccc4c(=C(C#N)C#N)c3c1)Cc1cc(C(C)(C)C)cc(c1O)C2. The highest BCUT2D eigenvalue weighted by Gasteiger charge is 2.29. The molecule has 7 aromatic rings. The molecule has 0 aliphatic heterocycles. The van der Waals surface area contributed by atoms with Crippen LogP contribution in [0, 0.1) is 45.3 Å². The van der Waals surface area contributed by atoms with Crippen molar-refractivity contribution in [3.63, 3.8) is 0 Å². The zero-order valence-corrected chi connectivity index (χ0v) is 46.3. The largest absolute Gasteiger partial charge is 0.507 e. The van der Waals surface area contributed by atoms with E-state index in [1.165, 1.54) is 0 Å². The number of hydrogen-bond acceptors (Lipinski definition) is 10. The minimum atomic E-state index is -0.690. The molecule has 10 heteroatoms. The standard InChI is InChI=1S/C67H66N4O6/c1-64(2,3)49-24-39-20-41-26-50(65(4,5)6)28-43(61(41)74)22-45-30-52(67(10,11)12)31-46(23-44-29-51(66(7,8)9)27-42(62(44)75)21-40(25-49)60(39)73)63(45)77-37-57(72)76-36-38-17-18-55-56(19-38)59(48(34-70)35-71)54-16-14-13-15-53(54)58(55)47(32-68)33-69/h13-19,24-31,73-75H,20-23,36-37H2,1-12H3. The summed E-state index contributed by atoms with van der Waals surface area (Å²) in [4.78, 5) is 14.1. The molecule has 8 bridgehead atoms. The third-order valence-electron chi connectivity index (χ3n) is 14.8. The lowest BCUT2D eigenvalue weighted by Gasteiger charge is -2.27. The van der Waals surface area contributed by atoms with Gasteiger partial charge in [-0.05, 0) is 122 Å². The summed E-state index contributed by atoms with van der Waals surface area (Å²) in [7, 11) is 0. The second-order valence-electron chi connectivity index (χ2n) is 24.6. The number of aromatic hydroxyl groups is 3. The molecule has 77 heavy (non-hydrogen) atoms. The van der Waals surface area contributed by atoms with E-state index in [0.29, 0.717) is 87.8 Å². The van der Waals surface area contributed by atoms with Crippen LogP contribution in [-0.4, -0.2) is 27.9 Å². The molecule has 0 spiro atoms. The van der Waals surface area contributed by atoms with Gasteiger partial charge in [-0.3, -0.25) is 0 Å². The molecule has 390 valence electrons. The van der Waals surface area contributed by atoms with Crippen molar-refractivity contribution in [2.24, 2.45) is 0 Å². The number of rotatable bonds is 5. The van der Waals surface area contributed by atoms with Crippen LogP contribution in [0.15, 0.2) is 91.0 Å². The number of phenolic OH excluding ortho intramolecular Hbond substituents is 3. The number of benzene rings is 7. The molecule has 0 saturated carbocycles. The lowest BCUT2D eigenvalue weighted by atomic mass is 9.79. The Bertz CT molecular complexity index is 3750. The van der Waals surface area contributed by atoms with E-state index in [1.807, 2.05) is 60.7 Å². The van der Waals surface area contributed by atoms with Crippen LogP contribution in [0.3, 0.4) is 0 Å². The highest BCUT2D eigenvalue weighted by atomic mass is 16.6. The number of ether oxygens (including phenoxy) is 2. The van der Waals surface area contributed by atoms with E-state index in [4.69, 9.17) is 9.47 Å². The van der Waals surface area contributed by atoms with Gasteiger partial charge in [0, 0.05) is 36.1 Å². The molecule has 1 aliphatic carbocycles. The third-order valence-corrected chi connectivity index (χ3v) is 14.8. The molecule has 3 N–H and O–H groups in total. The van der Waals surface area contributed by atoms with Gasteiger partial charge in [-0.25, -0.2) is 4.79 Å². The fraction of sp³-hybridized carbons (Fsp3) is 0.328. The summed E-state index contributed by atoms with van der Waals surface area (Å²) in [5.74, 6) is 0.0427. The van der Waals surface area contributed by atoms with Crippen molar-refractivity contribution in [2.45, 2.75) is 137 Å². The summed E-state index contributed by atoms with van der Waals surface area (Å²) in [6, 6.07) is 36.4. The highest BCUT2D eigenvalue weighted by molar-refractivity contribution is 6.06. The maximum atomic E-state index is 14.1. The van der Waals surface area contributed by atoms with Crippen LogP contribution in [0.2, 0.25) is 0 Å². The Morgan fingerprint density at radius 2 is 0.766 bits per heavy atom. The van der Waals surface area contributed by atoms with Gasteiger partial charge in [-0.2, -0.15) is 21.0 Å². The van der Waals surface area contributed by atoms with Gasteiger partial charge in [0.15, 0.2) is 6.61 Å².